The van der Waals surface area contributed by atoms with Crippen LogP contribution < -0.4 is 0 Å². The molecule has 1 rings (SSSR count). The molecule has 0 saturated carbocycles. The maximum Gasteiger partial charge on any atom is 0.361 e. The lowest BCUT2D eigenvalue weighted by Gasteiger charge is -2.06. The van der Waals surface area contributed by atoms with Crippen molar-refractivity contribution in [1.29, 1.82) is 0 Å². The highest BCUT2D eigenvalue weighted by Gasteiger charge is 2.27. The first-order chi connectivity index (χ1) is 9.61. The van der Waals surface area contributed by atoms with E-state index in [-0.39, 0.29) is 19.8 Å². The van der Waals surface area contributed by atoms with Crippen LogP contribution in [-0.4, -0.2) is 39.3 Å². The van der Waals surface area contributed by atoms with Gasteiger partial charge in [0, 0.05) is 13.2 Å². The van der Waals surface area contributed by atoms with Gasteiger partial charge < -0.3 is 9.84 Å². The summed E-state index contributed by atoms with van der Waals surface area (Å²) in [6.45, 7) is 2.07. The summed E-state index contributed by atoms with van der Waals surface area (Å²) in [5.74, 6) is -0.880. The first-order valence-electron chi connectivity index (χ1n) is 6.61. The highest BCUT2D eigenvalue weighted by atomic mass is 19.3. The number of halogens is 2. The average molecular weight is 291 g/mol. The Labute approximate surface area is 115 Å². The van der Waals surface area contributed by atoms with Crippen LogP contribution in [0.5, 0.6) is 0 Å². The molecule has 0 spiro atoms. The quantitative estimate of drug-likeness (QED) is 0.556. The second-order valence-corrected chi connectivity index (χ2v) is 4.21. The van der Waals surface area contributed by atoms with Crippen molar-refractivity contribution in [2.75, 3.05) is 13.2 Å². The van der Waals surface area contributed by atoms with Gasteiger partial charge in [0.1, 0.15) is 5.69 Å². The Balaban J connectivity index is 2.69. The number of nitrogens with zero attached hydrogens (tertiary/aromatic N) is 3. The molecule has 0 aliphatic rings. The van der Waals surface area contributed by atoms with Gasteiger partial charge in [-0.1, -0.05) is 18.1 Å². The van der Waals surface area contributed by atoms with E-state index < -0.39 is 23.8 Å². The van der Waals surface area contributed by atoms with Gasteiger partial charge in [0.15, 0.2) is 5.69 Å². The van der Waals surface area contributed by atoms with Crippen LogP contribution in [0.25, 0.3) is 0 Å². The van der Waals surface area contributed by atoms with E-state index in [1.807, 2.05) is 0 Å². The Kier molecular flexibility index (Phi) is 7.06. The maximum absolute atomic E-state index is 13.0. The molecule has 0 radical (unpaired) electrons. The molecule has 0 aliphatic heterocycles. The van der Waals surface area contributed by atoms with E-state index in [4.69, 9.17) is 5.11 Å². The van der Waals surface area contributed by atoms with E-state index in [9.17, 15) is 13.6 Å². The zero-order valence-electron chi connectivity index (χ0n) is 11.4. The zero-order chi connectivity index (χ0) is 15.0. The summed E-state index contributed by atoms with van der Waals surface area (Å²) in [7, 11) is 0. The molecule has 0 amide bonds. The van der Waals surface area contributed by atoms with Gasteiger partial charge >= 0.3 is 5.97 Å². The predicted molar refractivity (Wildman–Crippen MR) is 66.5 cm³/mol. The number of ether oxygens (including phenoxy) is 1. The van der Waals surface area contributed by atoms with Gasteiger partial charge in [0.25, 0.3) is 6.43 Å². The molecule has 114 valence electrons. The highest BCUT2D eigenvalue weighted by Crippen LogP contribution is 2.22. The van der Waals surface area contributed by atoms with Gasteiger partial charge in [-0.3, -0.25) is 0 Å². The number of carbonyl (C=O) groups excluding carboxylic acids is 1. The molecule has 0 aliphatic carbocycles. The maximum atomic E-state index is 13.0. The Morgan fingerprint density at radius 1 is 1.35 bits per heavy atom. The third kappa shape index (κ3) is 4.52. The van der Waals surface area contributed by atoms with Crippen molar-refractivity contribution in [2.24, 2.45) is 0 Å². The molecule has 0 fully saturated rings. The summed E-state index contributed by atoms with van der Waals surface area (Å²) in [6, 6.07) is 0. The van der Waals surface area contributed by atoms with E-state index in [2.05, 4.69) is 15.0 Å². The summed E-state index contributed by atoms with van der Waals surface area (Å²) >= 11 is 0. The number of rotatable bonds is 9. The van der Waals surface area contributed by atoms with Crippen molar-refractivity contribution in [3.63, 3.8) is 0 Å². The minimum atomic E-state index is -2.83. The van der Waals surface area contributed by atoms with Crippen molar-refractivity contribution >= 4 is 5.97 Å². The molecule has 6 nitrogen and oxygen atoms in total. The number of hydrogen-bond acceptors (Lipinski definition) is 5. The molecular formula is C12H19F2N3O3. The summed E-state index contributed by atoms with van der Waals surface area (Å²) in [5.41, 5.74) is -0.914. The van der Waals surface area contributed by atoms with Crippen LogP contribution in [0, 0.1) is 0 Å². The van der Waals surface area contributed by atoms with Gasteiger partial charge in [-0.25, -0.2) is 18.3 Å². The molecule has 1 heterocycles. The van der Waals surface area contributed by atoms with E-state index in [0.29, 0.717) is 12.8 Å². The molecule has 1 aromatic heterocycles. The van der Waals surface area contributed by atoms with Crippen LogP contribution >= 0.6 is 0 Å². The van der Waals surface area contributed by atoms with E-state index in [0.717, 1.165) is 17.5 Å². The lowest BCUT2D eigenvalue weighted by atomic mass is 10.2. The number of esters is 1. The Morgan fingerprint density at radius 2 is 2.05 bits per heavy atom. The number of aliphatic hydroxyl groups excluding tert-OH is 1. The number of alkyl halides is 2. The third-order valence-corrected chi connectivity index (χ3v) is 2.73. The summed E-state index contributed by atoms with van der Waals surface area (Å²) < 4.78 is 31.7. The standard InChI is InChI=1S/C12H19F2N3O3/c1-2-20-12(19)9-10(11(13)14)17(16-15-9)7-5-3-4-6-8-18/h11,18H,2-8H2,1H3. The molecule has 1 N–H and O–H groups in total. The number of unbranched alkanes of at least 4 members (excludes halogenated alkanes) is 3. The van der Waals surface area contributed by atoms with Crippen molar-refractivity contribution in [3.8, 4) is 0 Å². The summed E-state index contributed by atoms with van der Waals surface area (Å²) in [4.78, 5) is 11.5. The topological polar surface area (TPSA) is 77.2 Å². The van der Waals surface area contributed by atoms with Crippen LogP contribution in [0.2, 0.25) is 0 Å². The second-order valence-electron chi connectivity index (χ2n) is 4.21. The molecule has 0 atom stereocenters. The first kappa shape index (κ1) is 16.5. The van der Waals surface area contributed by atoms with Gasteiger partial charge in [0.2, 0.25) is 0 Å². The highest BCUT2D eigenvalue weighted by molar-refractivity contribution is 5.88. The first-order valence-corrected chi connectivity index (χ1v) is 6.61. The Morgan fingerprint density at radius 3 is 2.65 bits per heavy atom. The Bertz CT molecular complexity index is 424. The normalized spacial score (nSPS) is 11.1. The average Bonchev–Trinajstić information content (AvgIpc) is 2.83. The zero-order valence-corrected chi connectivity index (χ0v) is 11.4. The SMILES string of the molecule is CCOC(=O)c1nnn(CCCCCCO)c1C(F)F. The lowest BCUT2D eigenvalue weighted by molar-refractivity contribution is 0.0506. The Hall–Kier alpha value is -1.57. The molecule has 0 unspecified atom stereocenters. The van der Waals surface area contributed by atoms with Gasteiger partial charge in [-0.2, -0.15) is 0 Å². The fraction of sp³-hybridized carbons (Fsp3) is 0.750. The largest absolute Gasteiger partial charge is 0.461 e. The summed E-state index contributed by atoms with van der Waals surface area (Å²) in [6.07, 6.45) is 0.0952. The molecular weight excluding hydrogens is 272 g/mol. The van der Waals surface area contributed by atoms with Crippen molar-refractivity contribution in [2.45, 2.75) is 45.6 Å². The van der Waals surface area contributed by atoms with Crippen molar-refractivity contribution in [1.82, 2.24) is 15.0 Å². The number of aryl methyl sites for hydroxylation is 1. The van der Waals surface area contributed by atoms with Gasteiger partial charge in [0.05, 0.1) is 6.61 Å². The second kappa shape index (κ2) is 8.57. The lowest BCUT2D eigenvalue weighted by Crippen LogP contribution is -2.11. The molecule has 8 heteroatoms. The molecule has 1 aromatic rings. The van der Waals surface area contributed by atoms with Crippen LogP contribution in [0.4, 0.5) is 8.78 Å². The molecule has 0 saturated heterocycles. The smallest absolute Gasteiger partial charge is 0.361 e. The van der Waals surface area contributed by atoms with Crippen LogP contribution in [0.15, 0.2) is 0 Å². The van der Waals surface area contributed by atoms with Gasteiger partial charge in [-0.15, -0.1) is 5.10 Å². The van der Waals surface area contributed by atoms with Crippen LogP contribution in [-0.2, 0) is 11.3 Å². The van der Waals surface area contributed by atoms with Crippen molar-refractivity contribution in [3.05, 3.63) is 11.4 Å². The van der Waals surface area contributed by atoms with Crippen molar-refractivity contribution < 1.29 is 23.4 Å². The monoisotopic (exact) mass is 291 g/mol. The number of carbonyl (C=O) groups is 1. The number of hydrogen-bond donors (Lipinski definition) is 1. The summed E-state index contributed by atoms with van der Waals surface area (Å²) in [5, 5.41) is 15.7. The third-order valence-electron chi connectivity index (χ3n) is 2.73. The van der Waals surface area contributed by atoms with Crippen LogP contribution in [0.1, 0.15) is 55.2 Å². The number of aromatic nitrogens is 3. The van der Waals surface area contributed by atoms with E-state index in [1.54, 1.807) is 6.92 Å². The minimum Gasteiger partial charge on any atom is -0.461 e. The minimum absolute atomic E-state index is 0.0928. The molecule has 0 aromatic carbocycles. The molecule has 20 heavy (non-hydrogen) atoms. The fourth-order valence-corrected chi connectivity index (χ4v) is 1.77. The predicted octanol–water partition coefficient (Wildman–Crippen LogP) is 1.95. The van der Waals surface area contributed by atoms with E-state index >= 15 is 0 Å². The molecule has 0 bridgehead atoms. The van der Waals surface area contributed by atoms with E-state index in [1.165, 1.54) is 0 Å². The fourth-order valence-electron chi connectivity index (χ4n) is 1.77. The number of aliphatic hydroxyl groups is 1. The van der Waals surface area contributed by atoms with Crippen LogP contribution in [0.3, 0.4) is 0 Å². The van der Waals surface area contributed by atoms with Gasteiger partial charge in [-0.05, 0) is 19.8 Å².